The van der Waals surface area contributed by atoms with Crippen LogP contribution in [0, 0.1) is 6.92 Å². The van der Waals surface area contributed by atoms with Gasteiger partial charge < -0.3 is 5.73 Å². The van der Waals surface area contributed by atoms with Gasteiger partial charge in [-0.05, 0) is 35.3 Å². The lowest BCUT2D eigenvalue weighted by molar-refractivity contribution is 0.472. The minimum Gasteiger partial charge on any atom is -0.326 e. The zero-order valence-electron chi connectivity index (χ0n) is 8.81. The van der Waals surface area contributed by atoms with Gasteiger partial charge >= 0.3 is 0 Å². The number of hydrogen-bond donors (Lipinski definition) is 1. The molecule has 0 aliphatic carbocycles. The Labute approximate surface area is 108 Å². The normalized spacial score (nSPS) is 22.8. The van der Waals surface area contributed by atoms with Crippen LogP contribution in [0.2, 0.25) is 0 Å². The van der Waals surface area contributed by atoms with E-state index in [1.54, 1.807) is 6.07 Å². The molecule has 2 N–H and O–H groups in total. The average molecular weight is 325 g/mol. The molecule has 0 saturated carbocycles. The largest absolute Gasteiger partial charge is 0.326 e. The molecule has 0 amide bonds. The van der Waals surface area contributed by atoms with Gasteiger partial charge in [0.25, 0.3) is 0 Å². The topological polar surface area (TPSA) is 63.4 Å². The molecule has 1 aromatic rings. The highest BCUT2D eigenvalue weighted by atomic mass is 79.9. The van der Waals surface area contributed by atoms with Gasteiger partial charge in [0, 0.05) is 24.0 Å². The van der Waals surface area contributed by atoms with Gasteiger partial charge in [-0.1, -0.05) is 0 Å². The first-order valence-electron chi connectivity index (χ1n) is 4.93. The fourth-order valence-corrected chi connectivity index (χ4v) is 5.69. The van der Waals surface area contributed by atoms with Crippen LogP contribution in [-0.2, 0) is 10.0 Å². The summed E-state index contributed by atoms with van der Waals surface area (Å²) >= 11 is 4.74. The van der Waals surface area contributed by atoms with Gasteiger partial charge in [-0.3, -0.25) is 0 Å². The van der Waals surface area contributed by atoms with Crippen molar-refractivity contribution < 1.29 is 8.42 Å². The van der Waals surface area contributed by atoms with Crippen molar-refractivity contribution in [2.45, 2.75) is 24.3 Å². The van der Waals surface area contributed by atoms with Gasteiger partial charge in [0.1, 0.15) is 0 Å². The monoisotopic (exact) mass is 324 g/mol. The third-order valence-electron chi connectivity index (χ3n) is 2.65. The van der Waals surface area contributed by atoms with E-state index >= 15 is 0 Å². The third-order valence-corrected chi connectivity index (χ3v) is 6.32. The molecule has 4 nitrogen and oxygen atoms in total. The number of hydrogen-bond acceptors (Lipinski definition) is 4. The third kappa shape index (κ3) is 2.19. The minimum atomic E-state index is -3.35. The number of nitrogens with two attached hydrogens (primary N) is 1. The van der Waals surface area contributed by atoms with Gasteiger partial charge in [0.05, 0.1) is 8.68 Å². The van der Waals surface area contributed by atoms with E-state index in [1.165, 1.54) is 15.6 Å². The highest BCUT2D eigenvalue weighted by Crippen LogP contribution is 2.32. The second-order valence-electron chi connectivity index (χ2n) is 3.88. The molecule has 1 atom stereocenters. The van der Waals surface area contributed by atoms with Crippen LogP contribution in [0.15, 0.2) is 14.7 Å². The Hall–Kier alpha value is 0.0500. The summed E-state index contributed by atoms with van der Waals surface area (Å²) in [5.74, 6) is 0. The molecule has 2 heterocycles. The molecule has 1 aliphatic heterocycles. The lowest BCUT2D eigenvalue weighted by Crippen LogP contribution is -2.32. The number of sulfonamides is 1. The molecule has 90 valence electrons. The van der Waals surface area contributed by atoms with E-state index in [9.17, 15) is 8.42 Å². The summed E-state index contributed by atoms with van der Waals surface area (Å²) < 4.78 is 26.9. The first-order chi connectivity index (χ1) is 7.41. The number of thiophene rings is 1. The second kappa shape index (κ2) is 4.38. The Morgan fingerprint density at radius 2 is 2.31 bits per heavy atom. The lowest BCUT2D eigenvalue weighted by Gasteiger charge is -2.15. The second-order valence-corrected chi connectivity index (χ2v) is 8.42. The first kappa shape index (κ1) is 12.5. The summed E-state index contributed by atoms with van der Waals surface area (Å²) in [6.45, 7) is 2.77. The van der Waals surface area contributed by atoms with E-state index in [-0.39, 0.29) is 6.04 Å². The summed E-state index contributed by atoms with van der Waals surface area (Å²) in [7, 11) is -3.35. The van der Waals surface area contributed by atoms with Crippen LogP contribution in [0.5, 0.6) is 0 Å². The molecular weight excluding hydrogens is 312 g/mol. The van der Waals surface area contributed by atoms with E-state index in [2.05, 4.69) is 15.9 Å². The highest BCUT2D eigenvalue weighted by molar-refractivity contribution is 9.11. The molecule has 2 rings (SSSR count). The summed E-state index contributed by atoms with van der Waals surface area (Å²) in [6, 6.07) is 1.64. The maximum atomic E-state index is 12.3. The minimum absolute atomic E-state index is 0.0304. The molecule has 0 bridgehead atoms. The Morgan fingerprint density at radius 1 is 1.62 bits per heavy atom. The number of nitrogens with zero attached hydrogens (tertiary/aromatic N) is 1. The van der Waals surface area contributed by atoms with E-state index in [0.717, 1.165) is 15.1 Å². The lowest BCUT2D eigenvalue weighted by atomic mass is 10.3. The average Bonchev–Trinajstić information content (AvgIpc) is 2.73. The van der Waals surface area contributed by atoms with Crippen molar-refractivity contribution in [3.8, 4) is 0 Å². The van der Waals surface area contributed by atoms with Gasteiger partial charge in [0.15, 0.2) is 0 Å². The molecule has 1 aromatic heterocycles. The summed E-state index contributed by atoms with van der Waals surface area (Å²) in [6.07, 6.45) is 0.740. The molecule has 1 saturated heterocycles. The zero-order chi connectivity index (χ0) is 11.9. The van der Waals surface area contributed by atoms with Crippen LogP contribution < -0.4 is 5.73 Å². The number of aryl methyl sites for hydroxylation is 1. The zero-order valence-corrected chi connectivity index (χ0v) is 12.0. The van der Waals surface area contributed by atoms with Crippen LogP contribution in [0.1, 0.15) is 11.3 Å². The van der Waals surface area contributed by atoms with Crippen molar-refractivity contribution >= 4 is 37.3 Å². The van der Waals surface area contributed by atoms with Crippen LogP contribution >= 0.6 is 27.3 Å². The quantitative estimate of drug-likeness (QED) is 0.897. The van der Waals surface area contributed by atoms with Crippen molar-refractivity contribution in [2.24, 2.45) is 5.73 Å². The predicted molar refractivity (Wildman–Crippen MR) is 68.1 cm³/mol. The number of rotatable bonds is 2. The molecule has 0 spiro atoms. The van der Waals surface area contributed by atoms with Crippen molar-refractivity contribution in [3.63, 3.8) is 0 Å². The SMILES string of the molecule is Cc1sc(Br)cc1S(=O)(=O)N1CC[C@@H](N)C1. The Bertz CT molecular complexity index is 498. The van der Waals surface area contributed by atoms with Gasteiger partial charge in [-0.25, -0.2) is 8.42 Å². The molecule has 1 aliphatic rings. The highest BCUT2D eigenvalue weighted by Gasteiger charge is 2.32. The van der Waals surface area contributed by atoms with E-state index in [0.29, 0.717) is 18.0 Å². The Balaban J connectivity index is 2.36. The van der Waals surface area contributed by atoms with Crippen molar-refractivity contribution in [1.29, 1.82) is 0 Å². The van der Waals surface area contributed by atoms with Gasteiger partial charge in [0.2, 0.25) is 10.0 Å². The standard InChI is InChI=1S/C9H13BrN2O2S2/c1-6-8(4-9(10)15-6)16(13,14)12-3-2-7(11)5-12/h4,7H,2-3,5,11H2,1H3/t7-/m1/s1. The fourth-order valence-electron chi connectivity index (χ4n) is 1.80. The Kier molecular flexibility index (Phi) is 3.42. The van der Waals surface area contributed by atoms with Gasteiger partial charge in [-0.2, -0.15) is 4.31 Å². The maximum Gasteiger partial charge on any atom is 0.244 e. The van der Waals surface area contributed by atoms with Crippen LogP contribution in [0.3, 0.4) is 0 Å². The molecule has 16 heavy (non-hydrogen) atoms. The fraction of sp³-hybridized carbons (Fsp3) is 0.556. The van der Waals surface area contributed by atoms with Crippen molar-refractivity contribution in [3.05, 3.63) is 14.7 Å². The van der Waals surface area contributed by atoms with Crippen LogP contribution in [0.25, 0.3) is 0 Å². The molecule has 0 radical (unpaired) electrons. The molecular formula is C9H13BrN2O2S2. The van der Waals surface area contributed by atoms with Gasteiger partial charge in [-0.15, -0.1) is 11.3 Å². The van der Waals surface area contributed by atoms with Crippen LogP contribution in [0.4, 0.5) is 0 Å². The molecule has 1 fully saturated rings. The van der Waals surface area contributed by atoms with Crippen molar-refractivity contribution in [1.82, 2.24) is 4.31 Å². The van der Waals surface area contributed by atoms with E-state index in [1.807, 2.05) is 6.92 Å². The molecule has 7 heteroatoms. The Morgan fingerprint density at radius 3 is 2.75 bits per heavy atom. The molecule has 0 unspecified atom stereocenters. The first-order valence-corrected chi connectivity index (χ1v) is 7.98. The van der Waals surface area contributed by atoms with E-state index < -0.39 is 10.0 Å². The predicted octanol–water partition coefficient (Wildman–Crippen LogP) is 1.54. The summed E-state index contributed by atoms with van der Waals surface area (Å²) in [5.41, 5.74) is 5.73. The number of halogens is 1. The van der Waals surface area contributed by atoms with E-state index in [4.69, 9.17) is 5.73 Å². The molecule has 0 aromatic carbocycles. The summed E-state index contributed by atoms with van der Waals surface area (Å²) in [5, 5.41) is 0. The van der Waals surface area contributed by atoms with Crippen LogP contribution in [-0.4, -0.2) is 31.9 Å². The summed E-state index contributed by atoms with van der Waals surface area (Å²) in [4.78, 5) is 1.21. The van der Waals surface area contributed by atoms with Crippen molar-refractivity contribution in [2.75, 3.05) is 13.1 Å². The smallest absolute Gasteiger partial charge is 0.244 e. The maximum absolute atomic E-state index is 12.3.